The van der Waals surface area contributed by atoms with Gasteiger partial charge in [0.05, 0.1) is 48.1 Å². The molecule has 0 amide bonds. The number of aromatic nitrogens is 4. The smallest absolute Gasteiger partial charge is 0.337 e. The average molecular weight is 651 g/mol. The fourth-order valence-electron chi connectivity index (χ4n) is 4.77. The summed E-state index contributed by atoms with van der Waals surface area (Å²) < 4.78 is 9.72. The van der Waals surface area contributed by atoms with Gasteiger partial charge in [0.15, 0.2) is 0 Å². The van der Waals surface area contributed by atoms with Crippen LogP contribution in [0.1, 0.15) is 54.1 Å². The molecule has 0 unspecified atom stereocenters. The standard InChI is InChI=1S/C42H26N4O4/c1-49-41(47)35-24-34(25-36(28-35)42(48)50-2)14-13-33-22-31(11-9-29-15-19-45-39(26-29)37-7-3-5-17-43-37)21-32(23-33)12-10-30-16-20-46-40(27-30)38-8-4-6-18-44-38/h3-8,15-28H,1-2H3. The van der Waals surface area contributed by atoms with Crippen molar-refractivity contribution in [2.75, 3.05) is 14.2 Å². The first kappa shape index (κ1) is 32.6. The van der Waals surface area contributed by atoms with E-state index in [1.54, 1.807) is 36.9 Å². The number of methoxy groups -OCH3 is 2. The molecule has 8 heteroatoms. The summed E-state index contributed by atoms with van der Waals surface area (Å²) in [5.74, 6) is 17.9. The van der Waals surface area contributed by atoms with Crippen LogP contribution in [0.5, 0.6) is 0 Å². The van der Waals surface area contributed by atoms with Crippen LogP contribution in [0.2, 0.25) is 0 Å². The predicted octanol–water partition coefficient (Wildman–Crippen LogP) is 6.37. The lowest BCUT2D eigenvalue weighted by atomic mass is 10.0. The summed E-state index contributed by atoms with van der Waals surface area (Å²) in [6.07, 6.45) is 6.84. The molecule has 0 bridgehead atoms. The maximum absolute atomic E-state index is 12.3. The molecule has 6 rings (SSSR count). The fraction of sp³-hybridized carbons (Fsp3) is 0.0476. The molecule has 0 saturated carbocycles. The quantitative estimate of drug-likeness (QED) is 0.160. The van der Waals surface area contributed by atoms with Gasteiger partial charge in [-0.25, -0.2) is 9.59 Å². The van der Waals surface area contributed by atoms with E-state index in [9.17, 15) is 9.59 Å². The molecule has 50 heavy (non-hydrogen) atoms. The van der Waals surface area contributed by atoms with E-state index >= 15 is 0 Å². The van der Waals surface area contributed by atoms with Crippen LogP contribution in [0, 0.1) is 35.5 Å². The third kappa shape index (κ3) is 8.32. The van der Waals surface area contributed by atoms with E-state index in [1.165, 1.54) is 20.3 Å². The van der Waals surface area contributed by atoms with Crippen molar-refractivity contribution in [2.45, 2.75) is 0 Å². The molecule has 4 heterocycles. The lowest BCUT2D eigenvalue weighted by Crippen LogP contribution is -2.07. The van der Waals surface area contributed by atoms with E-state index in [4.69, 9.17) is 9.47 Å². The monoisotopic (exact) mass is 650 g/mol. The summed E-state index contributed by atoms with van der Waals surface area (Å²) in [5, 5.41) is 0. The normalized spacial score (nSPS) is 9.88. The second-order valence-corrected chi connectivity index (χ2v) is 10.6. The third-order valence-electron chi connectivity index (χ3n) is 7.14. The average Bonchev–Trinajstić information content (AvgIpc) is 3.18. The van der Waals surface area contributed by atoms with Crippen LogP contribution in [0.25, 0.3) is 22.8 Å². The number of hydrogen-bond donors (Lipinski definition) is 0. The maximum atomic E-state index is 12.3. The summed E-state index contributed by atoms with van der Waals surface area (Å²) in [5.41, 5.74) is 7.22. The van der Waals surface area contributed by atoms with E-state index in [0.717, 1.165) is 22.5 Å². The first-order valence-electron chi connectivity index (χ1n) is 15.3. The molecule has 0 aliphatic heterocycles. The maximum Gasteiger partial charge on any atom is 0.337 e. The van der Waals surface area contributed by atoms with Gasteiger partial charge in [-0.05, 0) is 84.9 Å². The number of pyridine rings is 4. The van der Waals surface area contributed by atoms with Gasteiger partial charge in [0.2, 0.25) is 0 Å². The zero-order valence-electron chi connectivity index (χ0n) is 27.0. The van der Waals surface area contributed by atoms with Gasteiger partial charge in [-0.15, -0.1) is 0 Å². The minimum absolute atomic E-state index is 0.177. The van der Waals surface area contributed by atoms with Crippen LogP contribution >= 0.6 is 0 Å². The van der Waals surface area contributed by atoms with Gasteiger partial charge in [-0.2, -0.15) is 0 Å². The summed E-state index contributed by atoms with van der Waals surface area (Å²) in [4.78, 5) is 42.3. The highest BCUT2D eigenvalue weighted by molar-refractivity contribution is 5.96. The van der Waals surface area contributed by atoms with Crippen LogP contribution in [0.3, 0.4) is 0 Å². The van der Waals surface area contributed by atoms with Gasteiger partial charge >= 0.3 is 11.9 Å². The van der Waals surface area contributed by atoms with Crippen molar-refractivity contribution < 1.29 is 19.1 Å². The zero-order chi connectivity index (χ0) is 34.7. The molecular formula is C42H26N4O4. The highest BCUT2D eigenvalue weighted by Gasteiger charge is 2.13. The molecule has 238 valence electrons. The van der Waals surface area contributed by atoms with Gasteiger partial charge in [0.1, 0.15) is 0 Å². The second-order valence-electron chi connectivity index (χ2n) is 10.6. The number of rotatable bonds is 4. The Morgan fingerprint density at radius 3 is 1.18 bits per heavy atom. The van der Waals surface area contributed by atoms with Crippen molar-refractivity contribution in [1.82, 2.24) is 19.9 Å². The first-order chi connectivity index (χ1) is 24.5. The van der Waals surface area contributed by atoms with Crippen LogP contribution in [-0.4, -0.2) is 46.1 Å². The van der Waals surface area contributed by atoms with Crippen LogP contribution in [0.4, 0.5) is 0 Å². The highest BCUT2D eigenvalue weighted by Crippen LogP contribution is 2.17. The van der Waals surface area contributed by atoms with Gasteiger partial charge in [-0.1, -0.05) is 47.7 Å². The summed E-state index contributed by atoms with van der Waals surface area (Å²) in [6.45, 7) is 0. The van der Waals surface area contributed by atoms with E-state index in [0.29, 0.717) is 33.6 Å². The molecule has 4 aromatic heterocycles. The molecule has 0 fully saturated rings. The Morgan fingerprint density at radius 1 is 0.420 bits per heavy atom. The molecule has 0 radical (unpaired) electrons. The fourth-order valence-corrected chi connectivity index (χ4v) is 4.77. The Labute approximate surface area is 289 Å². The molecule has 0 spiro atoms. The number of benzene rings is 2. The van der Waals surface area contributed by atoms with Gasteiger partial charge in [-0.3, -0.25) is 19.9 Å². The van der Waals surface area contributed by atoms with E-state index in [2.05, 4.69) is 55.5 Å². The minimum Gasteiger partial charge on any atom is -0.465 e. The largest absolute Gasteiger partial charge is 0.465 e. The number of nitrogens with zero attached hydrogens (tertiary/aromatic N) is 4. The van der Waals surface area contributed by atoms with Gasteiger partial charge in [0, 0.05) is 58.2 Å². The number of hydrogen-bond acceptors (Lipinski definition) is 8. The predicted molar refractivity (Wildman–Crippen MR) is 188 cm³/mol. The molecular weight excluding hydrogens is 624 g/mol. The van der Waals surface area contributed by atoms with Crippen molar-refractivity contribution in [3.05, 3.63) is 166 Å². The van der Waals surface area contributed by atoms with E-state index in [-0.39, 0.29) is 11.1 Å². The van der Waals surface area contributed by atoms with Crippen molar-refractivity contribution in [3.63, 3.8) is 0 Å². The SMILES string of the molecule is COC(=O)c1cc(C#Cc2cc(C#Cc3ccnc(-c4ccccn4)c3)cc(C#Cc3ccnc(-c4ccccn4)c3)c2)cc(C(=O)OC)c1. The van der Waals surface area contributed by atoms with Crippen LogP contribution < -0.4 is 0 Å². The van der Waals surface area contributed by atoms with Crippen molar-refractivity contribution in [3.8, 4) is 58.3 Å². The van der Waals surface area contributed by atoms with E-state index < -0.39 is 11.9 Å². The Morgan fingerprint density at radius 2 is 0.800 bits per heavy atom. The van der Waals surface area contributed by atoms with Gasteiger partial charge in [0.25, 0.3) is 0 Å². The Bertz CT molecular complexity index is 2260. The summed E-state index contributed by atoms with van der Waals surface area (Å²) in [7, 11) is 2.54. The molecule has 0 N–H and O–H groups in total. The van der Waals surface area contributed by atoms with E-state index in [1.807, 2.05) is 78.9 Å². The highest BCUT2D eigenvalue weighted by atomic mass is 16.5. The summed E-state index contributed by atoms with van der Waals surface area (Å²) in [6, 6.07) is 28.8. The van der Waals surface area contributed by atoms with Gasteiger partial charge < -0.3 is 9.47 Å². The Balaban J connectivity index is 1.39. The topological polar surface area (TPSA) is 104 Å². The van der Waals surface area contributed by atoms with Crippen LogP contribution in [-0.2, 0) is 9.47 Å². The number of carbonyl (C=O) groups excluding carboxylic acids is 2. The number of carbonyl (C=O) groups is 2. The molecule has 0 aliphatic rings. The zero-order valence-corrected chi connectivity index (χ0v) is 27.0. The molecule has 8 nitrogen and oxygen atoms in total. The second kappa shape index (κ2) is 15.5. The molecule has 6 aromatic rings. The lowest BCUT2D eigenvalue weighted by molar-refractivity contribution is 0.0599. The Kier molecular flexibility index (Phi) is 10.1. The Hall–Kier alpha value is -7.34. The number of ether oxygens (including phenoxy) is 2. The van der Waals surface area contributed by atoms with Crippen molar-refractivity contribution >= 4 is 11.9 Å². The number of esters is 2. The molecule has 0 saturated heterocycles. The van der Waals surface area contributed by atoms with Crippen molar-refractivity contribution in [1.29, 1.82) is 0 Å². The minimum atomic E-state index is -0.599. The third-order valence-corrected chi connectivity index (χ3v) is 7.14. The molecule has 2 aromatic carbocycles. The van der Waals surface area contributed by atoms with Crippen molar-refractivity contribution in [2.24, 2.45) is 0 Å². The first-order valence-corrected chi connectivity index (χ1v) is 15.3. The van der Waals surface area contributed by atoms with Crippen LogP contribution in [0.15, 0.2) is 122 Å². The molecule has 0 atom stereocenters. The molecule has 0 aliphatic carbocycles. The summed E-state index contributed by atoms with van der Waals surface area (Å²) >= 11 is 0. The lowest BCUT2D eigenvalue weighted by Gasteiger charge is -2.04.